The van der Waals surface area contributed by atoms with Crippen LogP contribution in [0.3, 0.4) is 0 Å². The van der Waals surface area contributed by atoms with Crippen molar-refractivity contribution in [1.82, 2.24) is 4.90 Å². The van der Waals surface area contributed by atoms with E-state index in [0.717, 1.165) is 24.4 Å². The molecule has 2 aliphatic carbocycles. The maximum Gasteiger partial charge on any atom is 0.0900 e. The Bertz CT molecular complexity index is 285. The minimum atomic E-state index is -0.363. The molecule has 2 rings (SSSR count). The molecular weight excluding hydrogens is 250 g/mol. The van der Waals surface area contributed by atoms with E-state index in [2.05, 4.69) is 32.6 Å². The first-order chi connectivity index (χ1) is 9.47. The van der Waals surface area contributed by atoms with Crippen LogP contribution in [0.2, 0.25) is 0 Å². The predicted octanol–water partition coefficient (Wildman–Crippen LogP) is 2.92. The molecule has 0 spiro atoms. The van der Waals surface area contributed by atoms with Crippen molar-refractivity contribution in [3.63, 3.8) is 0 Å². The average Bonchev–Trinajstić information content (AvgIpc) is 2.97. The number of nitrogens with zero attached hydrogens (tertiary/aromatic N) is 1. The Hall–Kier alpha value is -0.120. The maximum atomic E-state index is 10.2. The minimum absolute atomic E-state index is 0.363. The highest BCUT2D eigenvalue weighted by Gasteiger charge is 2.39. The van der Waals surface area contributed by atoms with Crippen LogP contribution in [-0.2, 0) is 4.74 Å². The van der Waals surface area contributed by atoms with Gasteiger partial charge in [-0.25, -0.2) is 0 Å². The molecule has 2 saturated carbocycles. The third-order valence-corrected chi connectivity index (χ3v) is 5.27. The third-order valence-electron chi connectivity index (χ3n) is 5.27. The zero-order valence-corrected chi connectivity index (χ0v) is 13.7. The summed E-state index contributed by atoms with van der Waals surface area (Å²) < 4.78 is 5.82. The van der Waals surface area contributed by atoms with Gasteiger partial charge in [0.25, 0.3) is 0 Å². The number of fused-ring (bicyclic) bond motifs is 2. The first-order valence-electron chi connectivity index (χ1n) is 8.49. The molecule has 0 saturated heterocycles. The Morgan fingerprint density at radius 1 is 1.10 bits per heavy atom. The quantitative estimate of drug-likeness (QED) is 0.743. The van der Waals surface area contributed by atoms with Gasteiger partial charge in [0.15, 0.2) is 0 Å². The smallest absolute Gasteiger partial charge is 0.0900 e. The molecule has 0 heterocycles. The number of aliphatic hydroxyl groups excluding tert-OH is 1. The van der Waals surface area contributed by atoms with Gasteiger partial charge in [0, 0.05) is 25.2 Å². The van der Waals surface area contributed by atoms with E-state index in [-0.39, 0.29) is 6.10 Å². The second-order valence-electron chi connectivity index (χ2n) is 7.51. The highest BCUT2D eigenvalue weighted by molar-refractivity contribution is 4.89. The molecular formula is C17H33NO2. The van der Waals surface area contributed by atoms with Crippen LogP contribution in [0.5, 0.6) is 0 Å². The molecule has 1 N–H and O–H groups in total. The fraction of sp³-hybridized carbons (Fsp3) is 1.00. The Morgan fingerprint density at radius 3 is 2.30 bits per heavy atom. The summed E-state index contributed by atoms with van der Waals surface area (Å²) in [4.78, 5) is 2.32. The fourth-order valence-corrected chi connectivity index (χ4v) is 4.25. The lowest BCUT2D eigenvalue weighted by molar-refractivity contribution is -0.0113. The summed E-state index contributed by atoms with van der Waals surface area (Å²) in [5, 5.41) is 10.2. The lowest BCUT2D eigenvalue weighted by Gasteiger charge is -2.32. The molecule has 118 valence electrons. The van der Waals surface area contributed by atoms with Crippen molar-refractivity contribution in [3.8, 4) is 0 Å². The van der Waals surface area contributed by atoms with Crippen LogP contribution < -0.4 is 0 Å². The fourth-order valence-electron chi connectivity index (χ4n) is 4.25. The SMILES string of the molecule is CC(C)N(C[C@@H](O)COC[C@@H]1C[C@H]2CC[C@H]1C2)C(C)C. The molecule has 0 aromatic heterocycles. The van der Waals surface area contributed by atoms with Crippen molar-refractivity contribution >= 4 is 0 Å². The van der Waals surface area contributed by atoms with E-state index < -0.39 is 0 Å². The highest BCUT2D eigenvalue weighted by atomic mass is 16.5. The first kappa shape index (κ1) is 16.3. The molecule has 0 aromatic rings. The standard InChI is InChI=1S/C17H33NO2/c1-12(2)18(13(3)4)9-17(19)11-20-10-16-8-14-5-6-15(16)7-14/h12-17,19H,5-11H2,1-4H3/t14-,15-,16-,17+/m0/s1. The summed E-state index contributed by atoms with van der Waals surface area (Å²) in [5.74, 6) is 2.67. The van der Waals surface area contributed by atoms with Crippen LogP contribution in [0.15, 0.2) is 0 Å². The summed E-state index contributed by atoms with van der Waals surface area (Å²) in [5.41, 5.74) is 0. The molecule has 20 heavy (non-hydrogen) atoms. The predicted molar refractivity (Wildman–Crippen MR) is 82.7 cm³/mol. The molecule has 0 unspecified atom stereocenters. The molecule has 0 amide bonds. The van der Waals surface area contributed by atoms with Crippen molar-refractivity contribution in [2.45, 2.75) is 71.6 Å². The molecule has 0 aromatic carbocycles. The van der Waals surface area contributed by atoms with Gasteiger partial charge in [-0.2, -0.15) is 0 Å². The topological polar surface area (TPSA) is 32.7 Å². The molecule has 4 atom stereocenters. The van der Waals surface area contributed by atoms with Crippen LogP contribution in [0.1, 0.15) is 53.4 Å². The number of aliphatic hydroxyl groups is 1. The Kier molecular flexibility index (Phi) is 5.88. The zero-order chi connectivity index (χ0) is 14.7. The minimum Gasteiger partial charge on any atom is -0.389 e. The van der Waals surface area contributed by atoms with Crippen LogP contribution >= 0.6 is 0 Å². The van der Waals surface area contributed by atoms with Crippen molar-refractivity contribution < 1.29 is 9.84 Å². The molecule has 3 heteroatoms. The van der Waals surface area contributed by atoms with E-state index in [1.54, 1.807) is 0 Å². The molecule has 2 fully saturated rings. The molecule has 2 bridgehead atoms. The highest BCUT2D eigenvalue weighted by Crippen LogP contribution is 2.48. The van der Waals surface area contributed by atoms with Crippen molar-refractivity contribution in [1.29, 1.82) is 0 Å². The van der Waals surface area contributed by atoms with E-state index in [9.17, 15) is 5.11 Å². The van der Waals surface area contributed by atoms with Crippen molar-refractivity contribution in [2.24, 2.45) is 17.8 Å². The van der Waals surface area contributed by atoms with Crippen LogP contribution in [0.4, 0.5) is 0 Å². The van der Waals surface area contributed by atoms with Gasteiger partial charge in [0.1, 0.15) is 0 Å². The molecule has 2 aliphatic rings. The average molecular weight is 283 g/mol. The van der Waals surface area contributed by atoms with Gasteiger partial charge in [-0.3, -0.25) is 4.90 Å². The van der Waals surface area contributed by atoms with Gasteiger partial charge in [-0.1, -0.05) is 6.42 Å². The Balaban J connectivity index is 1.63. The number of hydrogen-bond acceptors (Lipinski definition) is 3. The number of rotatable bonds is 8. The van der Waals surface area contributed by atoms with E-state index in [4.69, 9.17) is 4.74 Å². The van der Waals surface area contributed by atoms with Crippen LogP contribution in [-0.4, -0.2) is 48.0 Å². The molecule has 0 radical (unpaired) electrons. The van der Waals surface area contributed by atoms with Gasteiger partial charge >= 0.3 is 0 Å². The summed E-state index contributed by atoms with van der Waals surface area (Å²) in [6, 6.07) is 0.936. The Labute approximate surface area is 124 Å². The number of ether oxygens (including phenoxy) is 1. The van der Waals surface area contributed by atoms with E-state index in [1.165, 1.54) is 25.7 Å². The van der Waals surface area contributed by atoms with Crippen LogP contribution in [0.25, 0.3) is 0 Å². The lowest BCUT2D eigenvalue weighted by atomic mass is 9.90. The van der Waals surface area contributed by atoms with Gasteiger partial charge in [-0.15, -0.1) is 0 Å². The first-order valence-corrected chi connectivity index (χ1v) is 8.49. The van der Waals surface area contributed by atoms with E-state index in [0.29, 0.717) is 25.2 Å². The van der Waals surface area contributed by atoms with Crippen LogP contribution in [0, 0.1) is 17.8 Å². The van der Waals surface area contributed by atoms with Gasteiger partial charge in [-0.05, 0) is 64.7 Å². The second-order valence-corrected chi connectivity index (χ2v) is 7.51. The summed E-state index contributed by atoms with van der Waals surface area (Å²) >= 11 is 0. The van der Waals surface area contributed by atoms with Crippen molar-refractivity contribution in [2.75, 3.05) is 19.8 Å². The summed E-state index contributed by atoms with van der Waals surface area (Å²) in [7, 11) is 0. The lowest BCUT2D eigenvalue weighted by Crippen LogP contribution is -2.43. The monoisotopic (exact) mass is 283 g/mol. The molecule has 0 aliphatic heterocycles. The van der Waals surface area contributed by atoms with Gasteiger partial charge in [0.05, 0.1) is 12.7 Å². The normalized spacial score (nSPS) is 30.9. The van der Waals surface area contributed by atoms with E-state index in [1.807, 2.05) is 0 Å². The summed E-state index contributed by atoms with van der Waals surface area (Å²) in [6.07, 6.45) is 5.30. The summed E-state index contributed by atoms with van der Waals surface area (Å²) in [6.45, 7) is 10.8. The van der Waals surface area contributed by atoms with E-state index >= 15 is 0 Å². The van der Waals surface area contributed by atoms with Gasteiger partial charge in [0.2, 0.25) is 0 Å². The number of hydrogen-bond donors (Lipinski definition) is 1. The Morgan fingerprint density at radius 2 is 1.80 bits per heavy atom. The van der Waals surface area contributed by atoms with Crippen molar-refractivity contribution in [3.05, 3.63) is 0 Å². The third kappa shape index (κ3) is 4.19. The maximum absolute atomic E-state index is 10.2. The van der Waals surface area contributed by atoms with Gasteiger partial charge < -0.3 is 9.84 Å². The zero-order valence-electron chi connectivity index (χ0n) is 13.7. The second kappa shape index (κ2) is 7.24. The largest absolute Gasteiger partial charge is 0.389 e. The molecule has 3 nitrogen and oxygen atoms in total.